The summed E-state index contributed by atoms with van der Waals surface area (Å²) in [6, 6.07) is 10.4. The predicted molar refractivity (Wildman–Crippen MR) is 91.6 cm³/mol. The molecule has 0 aliphatic heterocycles. The van der Waals surface area contributed by atoms with E-state index in [0.29, 0.717) is 18.9 Å². The van der Waals surface area contributed by atoms with E-state index in [9.17, 15) is 5.11 Å². The monoisotopic (exact) mass is 302 g/mol. The fourth-order valence-electron chi connectivity index (χ4n) is 3.73. The molecule has 2 heteroatoms. The second kappa shape index (κ2) is 7.43. The topological polar surface area (TPSA) is 29.5 Å². The Kier molecular flexibility index (Phi) is 5.82. The fourth-order valence-corrected chi connectivity index (χ4v) is 3.73. The van der Waals surface area contributed by atoms with Crippen LogP contribution in [0, 0.1) is 5.92 Å². The van der Waals surface area contributed by atoms with Gasteiger partial charge in [0.05, 0.1) is 17.8 Å². The van der Waals surface area contributed by atoms with Crippen LogP contribution in [0.4, 0.5) is 0 Å². The SMILES string of the molecule is C=CCC(C)(O)CC1CCCC(C)(OCc2ccccc2)C1. The van der Waals surface area contributed by atoms with E-state index in [2.05, 4.69) is 37.8 Å². The first-order valence-electron chi connectivity index (χ1n) is 8.44. The molecule has 2 rings (SSSR count). The summed E-state index contributed by atoms with van der Waals surface area (Å²) >= 11 is 0. The maximum absolute atomic E-state index is 10.4. The third-order valence-electron chi connectivity index (χ3n) is 4.78. The molecule has 0 bridgehead atoms. The van der Waals surface area contributed by atoms with Crippen LogP contribution in [0.5, 0.6) is 0 Å². The first kappa shape index (κ1) is 17.2. The largest absolute Gasteiger partial charge is 0.390 e. The van der Waals surface area contributed by atoms with Gasteiger partial charge in [-0.1, -0.05) is 49.2 Å². The van der Waals surface area contributed by atoms with Crippen molar-refractivity contribution < 1.29 is 9.84 Å². The minimum Gasteiger partial charge on any atom is -0.390 e. The molecule has 0 saturated heterocycles. The van der Waals surface area contributed by atoms with Crippen LogP contribution in [-0.4, -0.2) is 16.3 Å². The Bertz CT molecular complexity index is 466. The van der Waals surface area contributed by atoms with Crippen LogP contribution >= 0.6 is 0 Å². The van der Waals surface area contributed by atoms with Crippen molar-refractivity contribution in [3.8, 4) is 0 Å². The van der Waals surface area contributed by atoms with Crippen molar-refractivity contribution in [2.45, 2.75) is 70.2 Å². The number of rotatable bonds is 7. The highest BCUT2D eigenvalue weighted by atomic mass is 16.5. The van der Waals surface area contributed by atoms with Crippen molar-refractivity contribution in [3.63, 3.8) is 0 Å². The molecule has 22 heavy (non-hydrogen) atoms. The Morgan fingerprint density at radius 3 is 2.82 bits per heavy atom. The summed E-state index contributed by atoms with van der Waals surface area (Å²) in [5.41, 5.74) is 0.525. The van der Waals surface area contributed by atoms with Gasteiger partial charge in [-0.2, -0.15) is 0 Å². The normalized spacial score (nSPS) is 28.0. The molecule has 0 spiro atoms. The quantitative estimate of drug-likeness (QED) is 0.728. The third-order valence-corrected chi connectivity index (χ3v) is 4.78. The summed E-state index contributed by atoms with van der Waals surface area (Å²) in [5, 5.41) is 10.4. The Labute approximate surface area is 135 Å². The van der Waals surface area contributed by atoms with Gasteiger partial charge in [0.1, 0.15) is 0 Å². The van der Waals surface area contributed by atoms with Crippen LogP contribution in [0.15, 0.2) is 43.0 Å². The highest BCUT2D eigenvalue weighted by Gasteiger charge is 2.35. The zero-order chi connectivity index (χ0) is 16.1. The standard InChI is InChI=1S/C20H30O2/c1-4-12-19(2,21)14-18-11-8-13-20(3,15-18)22-16-17-9-6-5-7-10-17/h4-7,9-10,18,21H,1,8,11-16H2,2-3H3. The van der Waals surface area contributed by atoms with Crippen molar-refractivity contribution in [1.82, 2.24) is 0 Å². The molecule has 3 atom stereocenters. The van der Waals surface area contributed by atoms with Crippen LogP contribution in [-0.2, 0) is 11.3 Å². The fraction of sp³-hybridized carbons (Fsp3) is 0.600. The highest BCUT2D eigenvalue weighted by molar-refractivity contribution is 5.13. The molecule has 1 fully saturated rings. The minimum absolute atomic E-state index is 0.0665. The molecule has 0 aromatic heterocycles. The highest BCUT2D eigenvalue weighted by Crippen LogP contribution is 2.39. The van der Waals surface area contributed by atoms with Gasteiger partial charge in [0.2, 0.25) is 0 Å². The zero-order valence-electron chi connectivity index (χ0n) is 14.1. The maximum atomic E-state index is 10.4. The molecule has 1 N–H and O–H groups in total. The minimum atomic E-state index is -0.635. The van der Waals surface area contributed by atoms with Gasteiger partial charge in [0, 0.05) is 0 Å². The Hall–Kier alpha value is -1.12. The molecule has 0 heterocycles. The van der Waals surface area contributed by atoms with Gasteiger partial charge in [-0.3, -0.25) is 0 Å². The Morgan fingerprint density at radius 2 is 2.14 bits per heavy atom. The van der Waals surface area contributed by atoms with E-state index in [1.54, 1.807) is 0 Å². The van der Waals surface area contributed by atoms with Crippen molar-refractivity contribution in [2.24, 2.45) is 5.92 Å². The van der Waals surface area contributed by atoms with Crippen molar-refractivity contribution in [3.05, 3.63) is 48.6 Å². The number of benzene rings is 1. The molecule has 1 aromatic rings. The first-order valence-corrected chi connectivity index (χ1v) is 8.44. The summed E-state index contributed by atoms with van der Waals surface area (Å²) < 4.78 is 6.26. The predicted octanol–water partition coefficient (Wildman–Crippen LogP) is 4.87. The second-order valence-corrected chi connectivity index (χ2v) is 7.38. The molecule has 122 valence electrons. The number of hydrogen-bond acceptors (Lipinski definition) is 2. The van der Waals surface area contributed by atoms with E-state index >= 15 is 0 Å². The Morgan fingerprint density at radius 1 is 1.41 bits per heavy atom. The summed E-state index contributed by atoms with van der Waals surface area (Å²) in [6.45, 7) is 8.57. The lowest BCUT2D eigenvalue weighted by Gasteiger charge is -2.40. The number of ether oxygens (including phenoxy) is 1. The smallest absolute Gasteiger partial charge is 0.0724 e. The molecule has 1 aromatic carbocycles. The number of hydrogen-bond donors (Lipinski definition) is 1. The average Bonchev–Trinajstić information content (AvgIpc) is 2.46. The molecular formula is C20H30O2. The van der Waals surface area contributed by atoms with Gasteiger partial charge >= 0.3 is 0 Å². The van der Waals surface area contributed by atoms with Crippen LogP contribution in [0.3, 0.4) is 0 Å². The van der Waals surface area contributed by atoms with E-state index in [-0.39, 0.29) is 5.60 Å². The molecule has 3 unspecified atom stereocenters. The molecule has 1 aliphatic carbocycles. The van der Waals surface area contributed by atoms with E-state index < -0.39 is 5.60 Å². The average molecular weight is 302 g/mol. The van der Waals surface area contributed by atoms with Gasteiger partial charge in [-0.05, 0) is 51.0 Å². The second-order valence-electron chi connectivity index (χ2n) is 7.38. The van der Waals surface area contributed by atoms with Crippen molar-refractivity contribution in [1.29, 1.82) is 0 Å². The van der Waals surface area contributed by atoms with Gasteiger partial charge in [0.15, 0.2) is 0 Å². The van der Waals surface area contributed by atoms with E-state index in [4.69, 9.17) is 4.74 Å². The molecule has 1 saturated carbocycles. The summed E-state index contributed by atoms with van der Waals surface area (Å²) in [7, 11) is 0. The van der Waals surface area contributed by atoms with E-state index in [1.807, 2.05) is 19.1 Å². The van der Waals surface area contributed by atoms with Crippen LogP contribution in [0.25, 0.3) is 0 Å². The Balaban J connectivity index is 1.89. The third kappa shape index (κ3) is 5.26. The molecular weight excluding hydrogens is 272 g/mol. The van der Waals surface area contributed by atoms with E-state index in [0.717, 1.165) is 19.3 Å². The number of aliphatic hydroxyl groups is 1. The molecule has 0 radical (unpaired) electrons. The molecule has 2 nitrogen and oxygen atoms in total. The van der Waals surface area contributed by atoms with Gasteiger partial charge in [-0.15, -0.1) is 6.58 Å². The summed E-state index contributed by atoms with van der Waals surface area (Å²) in [5.74, 6) is 0.532. The lowest BCUT2D eigenvalue weighted by atomic mass is 9.74. The van der Waals surface area contributed by atoms with Gasteiger partial charge in [-0.25, -0.2) is 0 Å². The van der Waals surface area contributed by atoms with Crippen LogP contribution < -0.4 is 0 Å². The summed E-state index contributed by atoms with van der Waals surface area (Å²) in [6.07, 6.45) is 7.83. The van der Waals surface area contributed by atoms with Gasteiger partial charge < -0.3 is 9.84 Å². The van der Waals surface area contributed by atoms with Gasteiger partial charge in [0.25, 0.3) is 0 Å². The molecule has 0 amide bonds. The van der Waals surface area contributed by atoms with Crippen LogP contribution in [0.2, 0.25) is 0 Å². The molecule has 1 aliphatic rings. The maximum Gasteiger partial charge on any atom is 0.0724 e. The van der Waals surface area contributed by atoms with Crippen molar-refractivity contribution in [2.75, 3.05) is 0 Å². The van der Waals surface area contributed by atoms with Crippen molar-refractivity contribution >= 4 is 0 Å². The van der Waals surface area contributed by atoms with Crippen LogP contribution in [0.1, 0.15) is 57.9 Å². The first-order chi connectivity index (χ1) is 10.4. The van der Waals surface area contributed by atoms with E-state index in [1.165, 1.54) is 18.4 Å². The zero-order valence-corrected chi connectivity index (χ0v) is 14.1. The lowest BCUT2D eigenvalue weighted by molar-refractivity contribution is -0.0885. The lowest BCUT2D eigenvalue weighted by Crippen LogP contribution is -2.38. The summed E-state index contributed by atoms with van der Waals surface area (Å²) in [4.78, 5) is 0.